The maximum Gasteiger partial charge on any atom is 0.254 e. The third-order valence-corrected chi connectivity index (χ3v) is 6.62. The van der Waals surface area contributed by atoms with Crippen molar-refractivity contribution in [2.24, 2.45) is 5.92 Å². The second kappa shape index (κ2) is 12.6. The van der Waals surface area contributed by atoms with Crippen LogP contribution in [0.5, 0.6) is 11.5 Å². The molecule has 0 bridgehead atoms. The Morgan fingerprint density at radius 2 is 1.56 bits per heavy atom. The standard InChI is InChI=1S/C25H38N4O5/c1-4-9-26-23(30)17-28-10-7-20(8-11-28)27-24(31)18-5-12-29(13-6-18)25(32)19-14-21(33-2)16-22(15-19)34-3/h14-16,18,20H,4-13,17H2,1-3H3,(H,26,30)(H,27,31). The van der Waals surface area contributed by atoms with Crippen LogP contribution in [0.15, 0.2) is 18.2 Å². The number of hydrogen-bond acceptors (Lipinski definition) is 6. The van der Waals surface area contributed by atoms with Crippen LogP contribution in [0.1, 0.15) is 49.4 Å². The van der Waals surface area contributed by atoms with Crippen LogP contribution in [-0.4, -0.2) is 87.1 Å². The number of hydrogen-bond donors (Lipinski definition) is 2. The summed E-state index contributed by atoms with van der Waals surface area (Å²) in [5.74, 6) is 1.13. The van der Waals surface area contributed by atoms with Gasteiger partial charge in [0.15, 0.2) is 0 Å². The molecule has 2 saturated heterocycles. The molecule has 9 nitrogen and oxygen atoms in total. The van der Waals surface area contributed by atoms with Crippen molar-refractivity contribution in [3.8, 4) is 11.5 Å². The third kappa shape index (κ3) is 7.09. The monoisotopic (exact) mass is 474 g/mol. The number of methoxy groups -OCH3 is 2. The van der Waals surface area contributed by atoms with E-state index >= 15 is 0 Å². The molecule has 0 radical (unpaired) electrons. The summed E-state index contributed by atoms with van der Waals surface area (Å²) in [5.41, 5.74) is 0.522. The number of carbonyl (C=O) groups is 3. The summed E-state index contributed by atoms with van der Waals surface area (Å²) in [7, 11) is 3.11. The number of nitrogens with one attached hydrogen (secondary N) is 2. The fourth-order valence-corrected chi connectivity index (χ4v) is 4.54. The van der Waals surface area contributed by atoms with Crippen LogP contribution in [-0.2, 0) is 9.59 Å². The van der Waals surface area contributed by atoms with Gasteiger partial charge in [-0.2, -0.15) is 0 Å². The van der Waals surface area contributed by atoms with E-state index in [1.165, 1.54) is 0 Å². The Labute approximate surface area is 202 Å². The molecule has 0 aromatic heterocycles. The number of rotatable bonds is 9. The first-order valence-electron chi connectivity index (χ1n) is 12.2. The highest BCUT2D eigenvalue weighted by Crippen LogP contribution is 2.25. The van der Waals surface area contributed by atoms with Gasteiger partial charge in [0.05, 0.1) is 20.8 Å². The van der Waals surface area contributed by atoms with Crippen molar-refractivity contribution < 1.29 is 23.9 Å². The van der Waals surface area contributed by atoms with Gasteiger partial charge in [0, 0.05) is 56.3 Å². The molecule has 2 fully saturated rings. The van der Waals surface area contributed by atoms with Gasteiger partial charge >= 0.3 is 0 Å². The molecule has 0 aliphatic carbocycles. The fourth-order valence-electron chi connectivity index (χ4n) is 4.54. The first-order chi connectivity index (χ1) is 16.4. The highest BCUT2D eigenvalue weighted by Gasteiger charge is 2.30. The highest BCUT2D eigenvalue weighted by molar-refractivity contribution is 5.95. The quantitative estimate of drug-likeness (QED) is 0.565. The van der Waals surface area contributed by atoms with E-state index in [4.69, 9.17) is 9.47 Å². The zero-order chi connectivity index (χ0) is 24.5. The van der Waals surface area contributed by atoms with E-state index in [0.717, 1.165) is 32.4 Å². The molecular weight excluding hydrogens is 436 g/mol. The molecule has 1 aromatic carbocycles. The molecule has 188 valence electrons. The number of carbonyl (C=O) groups excluding carboxylic acids is 3. The van der Waals surface area contributed by atoms with Gasteiger partial charge in [-0.25, -0.2) is 0 Å². The summed E-state index contributed by atoms with van der Waals surface area (Å²) in [6.07, 6.45) is 3.93. The summed E-state index contributed by atoms with van der Waals surface area (Å²) >= 11 is 0. The lowest BCUT2D eigenvalue weighted by molar-refractivity contribution is -0.128. The Morgan fingerprint density at radius 3 is 2.12 bits per heavy atom. The topological polar surface area (TPSA) is 100 Å². The summed E-state index contributed by atoms with van der Waals surface area (Å²) in [6.45, 7) is 5.87. The van der Waals surface area contributed by atoms with Gasteiger partial charge < -0.3 is 25.0 Å². The lowest BCUT2D eigenvalue weighted by Gasteiger charge is -2.35. The average molecular weight is 475 g/mol. The maximum absolute atomic E-state index is 13.0. The molecule has 2 N–H and O–H groups in total. The van der Waals surface area contributed by atoms with Crippen LogP contribution in [0.4, 0.5) is 0 Å². The molecule has 0 saturated carbocycles. The summed E-state index contributed by atoms with van der Waals surface area (Å²) in [4.78, 5) is 41.6. The van der Waals surface area contributed by atoms with Crippen molar-refractivity contribution in [1.29, 1.82) is 0 Å². The average Bonchev–Trinajstić information content (AvgIpc) is 2.87. The second-order valence-electron chi connectivity index (χ2n) is 9.08. The summed E-state index contributed by atoms with van der Waals surface area (Å²) in [6, 6.07) is 5.30. The van der Waals surface area contributed by atoms with Crippen molar-refractivity contribution >= 4 is 17.7 Å². The Morgan fingerprint density at radius 1 is 0.941 bits per heavy atom. The number of likely N-dealkylation sites (tertiary alicyclic amines) is 2. The van der Waals surface area contributed by atoms with Gasteiger partial charge in [0.1, 0.15) is 11.5 Å². The van der Waals surface area contributed by atoms with Gasteiger partial charge in [-0.05, 0) is 44.2 Å². The molecule has 0 unspecified atom stereocenters. The van der Waals surface area contributed by atoms with E-state index in [9.17, 15) is 14.4 Å². The first-order valence-corrected chi connectivity index (χ1v) is 12.2. The minimum absolute atomic E-state index is 0.0676. The number of piperidine rings is 2. The van der Waals surface area contributed by atoms with Gasteiger partial charge in [-0.15, -0.1) is 0 Å². The molecule has 9 heteroatoms. The minimum Gasteiger partial charge on any atom is -0.497 e. The Balaban J connectivity index is 1.42. The molecule has 3 rings (SSSR count). The maximum atomic E-state index is 13.0. The summed E-state index contributed by atoms with van der Waals surface area (Å²) < 4.78 is 10.5. The van der Waals surface area contributed by atoms with Crippen molar-refractivity contribution in [1.82, 2.24) is 20.4 Å². The molecule has 34 heavy (non-hydrogen) atoms. The van der Waals surface area contributed by atoms with Crippen molar-refractivity contribution in [2.45, 2.75) is 45.1 Å². The SMILES string of the molecule is CCCNC(=O)CN1CCC(NC(=O)C2CCN(C(=O)c3cc(OC)cc(OC)c3)CC2)CC1. The van der Waals surface area contributed by atoms with E-state index in [1.807, 2.05) is 6.92 Å². The van der Waals surface area contributed by atoms with E-state index < -0.39 is 0 Å². The minimum atomic E-state index is -0.0817. The number of amides is 3. The number of nitrogens with zero attached hydrogens (tertiary/aromatic N) is 2. The van der Waals surface area contributed by atoms with Crippen molar-refractivity contribution in [2.75, 3.05) is 53.5 Å². The summed E-state index contributed by atoms with van der Waals surface area (Å²) in [5, 5.41) is 6.11. The normalized spacial score (nSPS) is 17.8. The third-order valence-electron chi connectivity index (χ3n) is 6.62. The second-order valence-corrected chi connectivity index (χ2v) is 9.08. The molecule has 2 aliphatic rings. The number of benzene rings is 1. The largest absolute Gasteiger partial charge is 0.497 e. The van der Waals surface area contributed by atoms with Crippen molar-refractivity contribution in [3.63, 3.8) is 0 Å². The van der Waals surface area contributed by atoms with Gasteiger partial charge in [0.2, 0.25) is 11.8 Å². The van der Waals surface area contributed by atoms with Gasteiger partial charge in [-0.1, -0.05) is 6.92 Å². The van der Waals surface area contributed by atoms with E-state index in [-0.39, 0.29) is 29.7 Å². The van der Waals surface area contributed by atoms with Crippen LogP contribution >= 0.6 is 0 Å². The molecular formula is C25H38N4O5. The zero-order valence-corrected chi connectivity index (χ0v) is 20.6. The highest BCUT2D eigenvalue weighted by atomic mass is 16.5. The van der Waals surface area contributed by atoms with E-state index in [1.54, 1.807) is 37.3 Å². The van der Waals surface area contributed by atoms with Crippen LogP contribution in [0, 0.1) is 5.92 Å². The Bertz CT molecular complexity index is 823. The first kappa shape index (κ1) is 25.8. The predicted molar refractivity (Wildman–Crippen MR) is 129 cm³/mol. The lowest BCUT2D eigenvalue weighted by atomic mass is 9.94. The molecule has 1 aromatic rings. The van der Waals surface area contributed by atoms with Crippen molar-refractivity contribution in [3.05, 3.63) is 23.8 Å². The molecule has 2 heterocycles. The molecule has 0 atom stereocenters. The van der Waals surface area contributed by atoms with Crippen LogP contribution in [0.25, 0.3) is 0 Å². The van der Waals surface area contributed by atoms with Gasteiger partial charge in [0.25, 0.3) is 5.91 Å². The Hall–Kier alpha value is -2.81. The smallest absolute Gasteiger partial charge is 0.254 e. The zero-order valence-electron chi connectivity index (χ0n) is 20.6. The molecule has 2 aliphatic heterocycles. The van der Waals surface area contributed by atoms with Gasteiger partial charge in [-0.3, -0.25) is 19.3 Å². The van der Waals surface area contributed by atoms with Crippen LogP contribution in [0.3, 0.4) is 0 Å². The lowest BCUT2D eigenvalue weighted by Crippen LogP contribution is -2.50. The van der Waals surface area contributed by atoms with Crippen LogP contribution in [0.2, 0.25) is 0 Å². The molecule has 3 amide bonds. The molecule has 0 spiro atoms. The number of ether oxygens (including phenoxy) is 2. The predicted octanol–water partition coefficient (Wildman–Crippen LogP) is 1.66. The van der Waals surface area contributed by atoms with E-state index in [0.29, 0.717) is 56.1 Å². The van der Waals surface area contributed by atoms with Crippen LogP contribution < -0.4 is 20.1 Å². The Kier molecular flexibility index (Phi) is 9.56. The van der Waals surface area contributed by atoms with E-state index in [2.05, 4.69) is 15.5 Å². The fraction of sp³-hybridized carbons (Fsp3) is 0.640.